The summed E-state index contributed by atoms with van der Waals surface area (Å²) >= 11 is 0. The number of carbonyl (C=O) groups excluding carboxylic acids is 1. The molecule has 0 bridgehead atoms. The van der Waals surface area contributed by atoms with Crippen LogP contribution in [0.25, 0.3) is 0 Å². The Hall–Kier alpha value is -1.79. The van der Waals surface area contributed by atoms with Gasteiger partial charge in [0, 0.05) is 24.9 Å². The summed E-state index contributed by atoms with van der Waals surface area (Å²) in [5.41, 5.74) is -1.35. The lowest BCUT2D eigenvalue weighted by Gasteiger charge is -2.42. The fourth-order valence-electron chi connectivity index (χ4n) is 5.62. The minimum atomic E-state index is -1.56. The first-order valence-electron chi connectivity index (χ1n) is 9.10. The van der Waals surface area contributed by atoms with Crippen molar-refractivity contribution in [1.82, 2.24) is 4.90 Å². The van der Waals surface area contributed by atoms with Crippen molar-refractivity contribution in [1.29, 1.82) is 0 Å². The topological polar surface area (TPSA) is 72.7 Å². The molecule has 134 valence electrons. The molecule has 6 nitrogen and oxygen atoms in total. The maximum Gasteiger partial charge on any atom is 0.285 e. The molecule has 4 unspecified atom stereocenters. The molecule has 4 atom stereocenters. The number of morpholine rings is 1. The Bertz CT molecular complexity index is 688. The van der Waals surface area contributed by atoms with E-state index in [0.717, 1.165) is 24.8 Å². The van der Waals surface area contributed by atoms with Crippen molar-refractivity contribution in [3.63, 3.8) is 0 Å². The van der Waals surface area contributed by atoms with E-state index in [1.54, 1.807) is 6.92 Å². The molecule has 3 aliphatic rings. The summed E-state index contributed by atoms with van der Waals surface area (Å²) in [7, 11) is 0. The van der Waals surface area contributed by atoms with E-state index in [4.69, 9.17) is 4.74 Å². The lowest BCUT2D eigenvalue weighted by molar-refractivity contribution is -0.550. The van der Waals surface area contributed by atoms with Gasteiger partial charge in [-0.25, -0.2) is 0 Å². The van der Waals surface area contributed by atoms with E-state index >= 15 is 0 Å². The van der Waals surface area contributed by atoms with Gasteiger partial charge in [-0.2, -0.15) is 0 Å². The first-order chi connectivity index (χ1) is 12.0. The SMILES string of the molecule is CC1([N+](=O)[O-])C(=O)C2(N3CCOCC3)CCCC2C1c1ccccc1. The number of hydrogen-bond acceptors (Lipinski definition) is 5. The van der Waals surface area contributed by atoms with Crippen LogP contribution in [0.1, 0.15) is 37.7 Å². The Morgan fingerprint density at radius 1 is 1.24 bits per heavy atom. The Kier molecular flexibility index (Phi) is 3.92. The highest BCUT2D eigenvalue weighted by molar-refractivity contribution is 6.00. The molecule has 0 radical (unpaired) electrons. The highest BCUT2D eigenvalue weighted by Crippen LogP contribution is 2.60. The average Bonchev–Trinajstić information content (AvgIpc) is 3.14. The van der Waals surface area contributed by atoms with E-state index in [-0.39, 0.29) is 22.5 Å². The highest BCUT2D eigenvalue weighted by atomic mass is 16.6. The smallest absolute Gasteiger partial charge is 0.285 e. The third-order valence-electron chi connectivity index (χ3n) is 6.66. The van der Waals surface area contributed by atoms with Crippen molar-refractivity contribution in [2.24, 2.45) is 5.92 Å². The number of nitro groups is 1. The van der Waals surface area contributed by atoms with Crippen LogP contribution < -0.4 is 0 Å². The summed E-state index contributed by atoms with van der Waals surface area (Å²) in [6, 6.07) is 9.60. The van der Waals surface area contributed by atoms with Gasteiger partial charge < -0.3 is 4.74 Å². The van der Waals surface area contributed by atoms with Gasteiger partial charge in [-0.15, -0.1) is 0 Å². The number of nitrogens with zero attached hydrogens (tertiary/aromatic N) is 2. The number of benzene rings is 1. The number of carbonyl (C=O) groups is 1. The van der Waals surface area contributed by atoms with Crippen molar-refractivity contribution < 1.29 is 14.5 Å². The van der Waals surface area contributed by atoms with Crippen LogP contribution in [0.15, 0.2) is 30.3 Å². The second kappa shape index (κ2) is 5.88. The van der Waals surface area contributed by atoms with Gasteiger partial charge in [0.2, 0.25) is 5.78 Å². The summed E-state index contributed by atoms with van der Waals surface area (Å²) < 4.78 is 5.46. The van der Waals surface area contributed by atoms with E-state index in [1.165, 1.54) is 0 Å². The van der Waals surface area contributed by atoms with Crippen molar-refractivity contribution in [3.8, 4) is 0 Å². The standard InChI is InChI=1S/C19H24N2O4/c1-18(21(23)24)16(14-6-3-2-4-7-14)15-8-5-9-19(15,17(18)22)20-10-12-25-13-11-20/h2-4,6-7,15-16H,5,8-13H2,1H3. The minimum Gasteiger partial charge on any atom is -0.379 e. The summed E-state index contributed by atoms with van der Waals surface area (Å²) in [5, 5.41) is 12.1. The van der Waals surface area contributed by atoms with Gasteiger partial charge in [0.15, 0.2) is 0 Å². The van der Waals surface area contributed by atoms with Gasteiger partial charge in [-0.1, -0.05) is 36.8 Å². The zero-order valence-electron chi connectivity index (χ0n) is 14.5. The molecular formula is C19H24N2O4. The molecule has 0 spiro atoms. The Labute approximate surface area is 147 Å². The number of Topliss-reactive ketones (excluding diaryl/α,β-unsaturated/α-hetero) is 1. The van der Waals surface area contributed by atoms with Crippen molar-refractivity contribution in [2.45, 2.75) is 43.2 Å². The molecule has 1 aliphatic heterocycles. The molecule has 1 heterocycles. The van der Waals surface area contributed by atoms with Crippen LogP contribution in [0.2, 0.25) is 0 Å². The molecule has 1 aromatic rings. The first-order valence-corrected chi connectivity index (χ1v) is 9.10. The molecule has 2 saturated carbocycles. The second-order valence-corrected chi connectivity index (χ2v) is 7.64. The zero-order chi connectivity index (χ0) is 17.7. The molecule has 1 saturated heterocycles. The van der Waals surface area contributed by atoms with Crippen LogP contribution in [0.4, 0.5) is 0 Å². The van der Waals surface area contributed by atoms with Gasteiger partial charge in [0.05, 0.1) is 24.7 Å². The van der Waals surface area contributed by atoms with E-state index < -0.39 is 11.1 Å². The Morgan fingerprint density at radius 2 is 1.92 bits per heavy atom. The quantitative estimate of drug-likeness (QED) is 0.621. The average molecular weight is 344 g/mol. The molecule has 25 heavy (non-hydrogen) atoms. The van der Waals surface area contributed by atoms with Crippen molar-refractivity contribution in [3.05, 3.63) is 46.0 Å². The van der Waals surface area contributed by atoms with Gasteiger partial charge in [-0.05, 0) is 24.3 Å². The monoisotopic (exact) mass is 344 g/mol. The molecule has 4 rings (SSSR count). The second-order valence-electron chi connectivity index (χ2n) is 7.64. The van der Waals surface area contributed by atoms with E-state index in [0.29, 0.717) is 26.3 Å². The maximum atomic E-state index is 13.6. The normalized spacial score (nSPS) is 38.7. The molecule has 2 aliphatic carbocycles. The van der Waals surface area contributed by atoms with Crippen LogP contribution in [-0.2, 0) is 9.53 Å². The third kappa shape index (κ3) is 2.13. The zero-order valence-corrected chi connectivity index (χ0v) is 14.5. The predicted molar refractivity (Wildman–Crippen MR) is 92.1 cm³/mol. The summed E-state index contributed by atoms with van der Waals surface area (Å²) in [4.78, 5) is 27.6. The molecule has 0 N–H and O–H groups in total. The third-order valence-corrected chi connectivity index (χ3v) is 6.66. The van der Waals surface area contributed by atoms with Crippen LogP contribution in [0.5, 0.6) is 0 Å². The van der Waals surface area contributed by atoms with Crippen LogP contribution >= 0.6 is 0 Å². The molecule has 1 aromatic carbocycles. The minimum absolute atomic E-state index is 0.00380. The van der Waals surface area contributed by atoms with Crippen LogP contribution in [0.3, 0.4) is 0 Å². The fourth-order valence-corrected chi connectivity index (χ4v) is 5.62. The summed E-state index contributed by atoms with van der Waals surface area (Å²) in [6.45, 7) is 4.09. The summed E-state index contributed by atoms with van der Waals surface area (Å²) in [5.74, 6) is -0.569. The predicted octanol–water partition coefficient (Wildman–Crippen LogP) is 2.26. The molecule has 3 fully saturated rings. The number of rotatable bonds is 3. The lowest BCUT2D eigenvalue weighted by atomic mass is 9.77. The number of ketones is 1. The van der Waals surface area contributed by atoms with E-state index in [9.17, 15) is 14.9 Å². The molecule has 0 aromatic heterocycles. The van der Waals surface area contributed by atoms with Crippen molar-refractivity contribution in [2.75, 3.05) is 26.3 Å². The lowest BCUT2D eigenvalue weighted by Crippen LogP contribution is -2.60. The molecular weight excluding hydrogens is 320 g/mol. The number of hydrogen-bond donors (Lipinski definition) is 0. The fraction of sp³-hybridized carbons (Fsp3) is 0.632. The summed E-state index contributed by atoms with van der Waals surface area (Å²) in [6.07, 6.45) is 2.54. The Morgan fingerprint density at radius 3 is 2.56 bits per heavy atom. The largest absolute Gasteiger partial charge is 0.379 e. The Balaban J connectivity index is 1.86. The molecule has 0 amide bonds. The van der Waals surface area contributed by atoms with Gasteiger partial charge >= 0.3 is 0 Å². The van der Waals surface area contributed by atoms with Crippen LogP contribution in [0, 0.1) is 16.0 Å². The van der Waals surface area contributed by atoms with Gasteiger partial charge in [-0.3, -0.25) is 19.8 Å². The van der Waals surface area contributed by atoms with E-state index in [2.05, 4.69) is 4.90 Å². The maximum absolute atomic E-state index is 13.6. The van der Waals surface area contributed by atoms with E-state index in [1.807, 2.05) is 30.3 Å². The number of fused-ring (bicyclic) bond motifs is 1. The van der Waals surface area contributed by atoms with Gasteiger partial charge in [0.25, 0.3) is 5.54 Å². The van der Waals surface area contributed by atoms with Crippen molar-refractivity contribution >= 4 is 5.78 Å². The number of ether oxygens (including phenoxy) is 1. The highest BCUT2D eigenvalue weighted by Gasteiger charge is 2.75. The van der Waals surface area contributed by atoms with Crippen LogP contribution in [-0.4, -0.2) is 53.0 Å². The first kappa shape index (κ1) is 16.7. The van der Waals surface area contributed by atoms with Gasteiger partial charge in [0.1, 0.15) is 0 Å². The molecule has 6 heteroatoms.